The van der Waals surface area contributed by atoms with Gasteiger partial charge in [0, 0.05) is 6.20 Å². The first-order chi connectivity index (χ1) is 11.4. The van der Waals surface area contributed by atoms with Gasteiger partial charge >= 0.3 is 5.97 Å². The van der Waals surface area contributed by atoms with Gasteiger partial charge in [-0.05, 0) is 44.4 Å². The summed E-state index contributed by atoms with van der Waals surface area (Å²) in [7, 11) is 0. The van der Waals surface area contributed by atoms with Crippen molar-refractivity contribution in [2.24, 2.45) is 0 Å². The number of esters is 1. The number of amides is 1. The fraction of sp³-hybridized carbons (Fsp3) is 0.333. The lowest BCUT2D eigenvalue weighted by atomic mass is 10.0. The highest BCUT2D eigenvalue weighted by Crippen LogP contribution is 2.16. The summed E-state index contributed by atoms with van der Waals surface area (Å²) in [6.07, 6.45) is 2.80. The van der Waals surface area contributed by atoms with Crippen molar-refractivity contribution in [3.05, 3.63) is 58.7 Å². The maximum Gasteiger partial charge on any atom is 0.359 e. The lowest BCUT2D eigenvalue weighted by Gasteiger charge is -2.15. The number of carbonyl (C=O) groups excluding carboxylic acids is 2. The third-order valence-corrected chi connectivity index (χ3v) is 3.73. The van der Waals surface area contributed by atoms with Crippen molar-refractivity contribution in [1.82, 2.24) is 15.3 Å². The Kier molecular flexibility index (Phi) is 5.63. The summed E-state index contributed by atoms with van der Waals surface area (Å²) in [5.41, 5.74) is 4.15. The van der Waals surface area contributed by atoms with Crippen LogP contribution in [0.15, 0.2) is 30.6 Å². The molecule has 0 fully saturated rings. The number of carbonyl (C=O) groups is 2. The molecule has 1 N–H and O–H groups in total. The molecule has 1 atom stereocenters. The molecule has 0 aliphatic heterocycles. The van der Waals surface area contributed by atoms with Gasteiger partial charge in [-0.25, -0.2) is 9.78 Å². The Balaban J connectivity index is 1.87. The first-order valence-electron chi connectivity index (χ1n) is 7.69. The fourth-order valence-electron chi connectivity index (χ4n) is 2.10. The average molecular weight is 327 g/mol. The second-order valence-electron chi connectivity index (χ2n) is 5.75. The van der Waals surface area contributed by atoms with Crippen LogP contribution in [-0.4, -0.2) is 28.5 Å². The number of ether oxygens (including phenoxy) is 1. The van der Waals surface area contributed by atoms with Gasteiger partial charge in [-0.15, -0.1) is 0 Å². The lowest BCUT2D eigenvalue weighted by molar-refractivity contribution is -0.124. The van der Waals surface area contributed by atoms with Gasteiger partial charge in [-0.3, -0.25) is 9.78 Å². The average Bonchev–Trinajstić information content (AvgIpc) is 2.55. The van der Waals surface area contributed by atoms with Crippen LogP contribution in [0.1, 0.15) is 45.8 Å². The lowest BCUT2D eigenvalue weighted by Crippen LogP contribution is -2.31. The molecule has 0 saturated heterocycles. The second-order valence-corrected chi connectivity index (χ2v) is 5.75. The van der Waals surface area contributed by atoms with E-state index in [1.807, 2.05) is 39.0 Å². The van der Waals surface area contributed by atoms with Crippen molar-refractivity contribution in [3.8, 4) is 0 Å². The van der Waals surface area contributed by atoms with E-state index in [0.717, 1.165) is 11.1 Å². The van der Waals surface area contributed by atoms with Gasteiger partial charge in [-0.2, -0.15) is 0 Å². The number of rotatable bonds is 5. The quantitative estimate of drug-likeness (QED) is 0.853. The van der Waals surface area contributed by atoms with Crippen LogP contribution in [0.25, 0.3) is 0 Å². The number of aryl methyl sites for hydroxylation is 3. The van der Waals surface area contributed by atoms with Gasteiger partial charge < -0.3 is 10.1 Å². The molecule has 1 aromatic heterocycles. The van der Waals surface area contributed by atoms with Crippen molar-refractivity contribution in [3.63, 3.8) is 0 Å². The standard InChI is InChI=1S/C18H21N3O3/c1-11-5-6-15(7-12(11)2)14(4)21-17(22)10-24-18(23)16-9-19-13(3)8-20-16/h5-9,14H,10H2,1-4H3,(H,21,22)/t14-/m0/s1. The Morgan fingerprint density at radius 2 is 1.88 bits per heavy atom. The molecule has 1 heterocycles. The van der Waals surface area contributed by atoms with Crippen LogP contribution in [0.5, 0.6) is 0 Å². The van der Waals surface area contributed by atoms with E-state index in [4.69, 9.17) is 4.74 Å². The maximum absolute atomic E-state index is 11.9. The van der Waals surface area contributed by atoms with Crippen molar-refractivity contribution in [1.29, 1.82) is 0 Å². The van der Waals surface area contributed by atoms with Gasteiger partial charge in [-0.1, -0.05) is 18.2 Å². The number of benzene rings is 1. The van der Waals surface area contributed by atoms with Crippen LogP contribution < -0.4 is 5.32 Å². The first-order valence-corrected chi connectivity index (χ1v) is 7.69. The number of nitrogens with one attached hydrogen (secondary N) is 1. The molecule has 24 heavy (non-hydrogen) atoms. The summed E-state index contributed by atoms with van der Waals surface area (Å²) in [6.45, 7) is 7.36. The normalized spacial score (nSPS) is 11.7. The van der Waals surface area contributed by atoms with Gasteiger partial charge in [0.25, 0.3) is 5.91 Å². The van der Waals surface area contributed by atoms with E-state index >= 15 is 0 Å². The minimum atomic E-state index is -0.670. The summed E-state index contributed by atoms with van der Waals surface area (Å²) < 4.78 is 4.96. The molecule has 0 saturated carbocycles. The summed E-state index contributed by atoms with van der Waals surface area (Å²) >= 11 is 0. The Morgan fingerprint density at radius 3 is 2.50 bits per heavy atom. The minimum absolute atomic E-state index is 0.0793. The molecule has 0 aliphatic carbocycles. The van der Waals surface area contributed by atoms with E-state index in [2.05, 4.69) is 15.3 Å². The number of hydrogen-bond donors (Lipinski definition) is 1. The molecule has 2 aromatic rings. The second kappa shape index (κ2) is 7.68. The van der Waals surface area contributed by atoms with Crippen LogP contribution in [0, 0.1) is 20.8 Å². The molecule has 0 aliphatic rings. The minimum Gasteiger partial charge on any atom is -0.451 e. The maximum atomic E-state index is 11.9. The summed E-state index contributed by atoms with van der Waals surface area (Å²) in [5.74, 6) is -1.04. The molecule has 1 aromatic carbocycles. The van der Waals surface area contributed by atoms with Gasteiger partial charge in [0.2, 0.25) is 0 Å². The van der Waals surface area contributed by atoms with E-state index in [9.17, 15) is 9.59 Å². The highest BCUT2D eigenvalue weighted by Gasteiger charge is 2.14. The van der Waals surface area contributed by atoms with Crippen molar-refractivity contribution < 1.29 is 14.3 Å². The smallest absolute Gasteiger partial charge is 0.359 e. The molecule has 0 radical (unpaired) electrons. The van der Waals surface area contributed by atoms with E-state index in [-0.39, 0.29) is 24.2 Å². The third kappa shape index (κ3) is 4.62. The topological polar surface area (TPSA) is 81.2 Å². The zero-order valence-electron chi connectivity index (χ0n) is 14.3. The Hall–Kier alpha value is -2.76. The zero-order chi connectivity index (χ0) is 17.7. The number of hydrogen-bond acceptors (Lipinski definition) is 5. The predicted molar refractivity (Wildman–Crippen MR) is 89.5 cm³/mol. The highest BCUT2D eigenvalue weighted by molar-refractivity contribution is 5.89. The predicted octanol–water partition coefficient (Wildman–Crippen LogP) is 2.44. The van der Waals surface area contributed by atoms with Crippen molar-refractivity contribution in [2.75, 3.05) is 6.61 Å². The van der Waals surface area contributed by atoms with Crippen LogP contribution in [0.3, 0.4) is 0 Å². The summed E-state index contributed by atoms with van der Waals surface area (Å²) in [5, 5.41) is 2.81. The molecule has 6 heteroatoms. The van der Waals surface area contributed by atoms with Crippen LogP contribution in [-0.2, 0) is 9.53 Å². The molecule has 0 unspecified atom stereocenters. The molecular formula is C18H21N3O3. The van der Waals surface area contributed by atoms with E-state index in [1.165, 1.54) is 18.0 Å². The Bertz CT molecular complexity index is 742. The van der Waals surface area contributed by atoms with Gasteiger partial charge in [0.1, 0.15) is 0 Å². The van der Waals surface area contributed by atoms with Crippen LogP contribution in [0.4, 0.5) is 0 Å². The van der Waals surface area contributed by atoms with Gasteiger partial charge in [0.05, 0.1) is 17.9 Å². The molecule has 6 nitrogen and oxygen atoms in total. The first kappa shape index (κ1) is 17.6. The fourth-order valence-corrected chi connectivity index (χ4v) is 2.10. The largest absolute Gasteiger partial charge is 0.451 e. The molecule has 1 amide bonds. The number of nitrogens with zero attached hydrogens (tertiary/aromatic N) is 2. The third-order valence-electron chi connectivity index (χ3n) is 3.73. The van der Waals surface area contributed by atoms with E-state index in [0.29, 0.717) is 5.69 Å². The van der Waals surface area contributed by atoms with E-state index in [1.54, 1.807) is 6.92 Å². The molecule has 0 spiro atoms. The molecule has 126 valence electrons. The van der Waals surface area contributed by atoms with Crippen LogP contribution in [0.2, 0.25) is 0 Å². The highest BCUT2D eigenvalue weighted by atomic mass is 16.5. The molecule has 0 bridgehead atoms. The van der Waals surface area contributed by atoms with Crippen molar-refractivity contribution in [2.45, 2.75) is 33.7 Å². The van der Waals surface area contributed by atoms with E-state index < -0.39 is 5.97 Å². The zero-order valence-corrected chi connectivity index (χ0v) is 14.3. The number of aromatic nitrogens is 2. The Morgan fingerprint density at radius 1 is 1.12 bits per heavy atom. The summed E-state index contributed by atoms with van der Waals surface area (Å²) in [4.78, 5) is 31.6. The summed E-state index contributed by atoms with van der Waals surface area (Å²) in [6, 6.07) is 5.85. The van der Waals surface area contributed by atoms with Gasteiger partial charge in [0.15, 0.2) is 12.3 Å². The SMILES string of the molecule is Cc1cnc(C(=O)OCC(=O)N[C@@H](C)c2ccc(C)c(C)c2)cn1. The monoisotopic (exact) mass is 327 g/mol. The molecular weight excluding hydrogens is 306 g/mol. The van der Waals surface area contributed by atoms with Crippen molar-refractivity contribution >= 4 is 11.9 Å². The Labute approximate surface area is 141 Å². The molecule has 2 rings (SSSR count). The van der Waals surface area contributed by atoms with Crippen LogP contribution >= 0.6 is 0 Å².